The van der Waals surface area contributed by atoms with E-state index >= 15 is 0 Å². The summed E-state index contributed by atoms with van der Waals surface area (Å²) in [6.45, 7) is 3.52. The summed E-state index contributed by atoms with van der Waals surface area (Å²) >= 11 is 0. The second-order valence-electron chi connectivity index (χ2n) is 5.88. The Hall–Kier alpha value is -1.51. The Bertz CT molecular complexity index is 432. The Balaban J connectivity index is 3.04. The van der Waals surface area contributed by atoms with Gasteiger partial charge in [0.15, 0.2) is 5.60 Å². The van der Waals surface area contributed by atoms with E-state index in [1.165, 1.54) is 20.8 Å². The zero-order chi connectivity index (χ0) is 16.6. The minimum absolute atomic E-state index is 0.546. The molecular formula is C12H18F3NO5. The molecule has 122 valence electrons. The van der Waals surface area contributed by atoms with E-state index in [1.807, 2.05) is 0 Å². The van der Waals surface area contributed by atoms with Gasteiger partial charge in [0.25, 0.3) is 0 Å². The first-order chi connectivity index (χ1) is 9.31. The van der Waals surface area contributed by atoms with Gasteiger partial charge in [0.1, 0.15) is 11.6 Å². The number of ether oxygens (including phenoxy) is 2. The van der Waals surface area contributed by atoms with Crippen molar-refractivity contribution in [2.45, 2.75) is 50.6 Å². The first kappa shape index (κ1) is 17.5. The Morgan fingerprint density at radius 3 is 2.19 bits per heavy atom. The Kier molecular flexibility index (Phi) is 4.48. The van der Waals surface area contributed by atoms with Crippen molar-refractivity contribution in [2.24, 2.45) is 0 Å². The van der Waals surface area contributed by atoms with Crippen LogP contribution in [0.4, 0.5) is 18.0 Å². The predicted octanol–water partition coefficient (Wildman–Crippen LogP) is 1.46. The van der Waals surface area contributed by atoms with E-state index in [-0.39, 0.29) is 0 Å². The quantitative estimate of drug-likeness (QED) is 0.742. The van der Waals surface area contributed by atoms with Crippen molar-refractivity contribution in [3.8, 4) is 0 Å². The molecule has 0 aliphatic carbocycles. The number of hydrogen-bond acceptors (Lipinski definition) is 5. The smallest absolute Gasteiger partial charge is 0.419 e. The number of β-amino-alcohol motifs (C(OH)–C–C–N with tert-alkyl or cyclic N) is 1. The Morgan fingerprint density at radius 1 is 1.29 bits per heavy atom. The number of carbonyl (C=O) groups excluding carboxylic acids is 2. The number of alkyl halides is 3. The molecule has 1 heterocycles. The summed E-state index contributed by atoms with van der Waals surface area (Å²) in [7, 11) is 0.987. The summed E-state index contributed by atoms with van der Waals surface area (Å²) in [6.07, 6.45) is -7.07. The minimum Gasteiger partial charge on any atom is -0.467 e. The van der Waals surface area contributed by atoms with Crippen molar-refractivity contribution in [3.63, 3.8) is 0 Å². The van der Waals surface area contributed by atoms with Gasteiger partial charge in [-0.2, -0.15) is 13.2 Å². The van der Waals surface area contributed by atoms with Gasteiger partial charge in [-0.3, -0.25) is 4.90 Å². The number of carbonyl (C=O) groups is 2. The number of methoxy groups -OCH3 is 1. The number of halogens is 3. The fourth-order valence-electron chi connectivity index (χ4n) is 1.95. The molecule has 0 unspecified atom stereocenters. The van der Waals surface area contributed by atoms with Gasteiger partial charge in [0, 0.05) is 6.42 Å². The number of esters is 1. The first-order valence-electron chi connectivity index (χ1n) is 6.17. The van der Waals surface area contributed by atoms with Crippen LogP contribution in [0.2, 0.25) is 0 Å². The number of rotatable bonds is 1. The number of hydrogen-bond donors (Lipinski definition) is 1. The van der Waals surface area contributed by atoms with Crippen LogP contribution in [0, 0.1) is 0 Å². The van der Waals surface area contributed by atoms with Crippen LogP contribution in [-0.2, 0) is 14.3 Å². The molecule has 9 heteroatoms. The zero-order valence-corrected chi connectivity index (χ0v) is 12.2. The van der Waals surface area contributed by atoms with Crippen molar-refractivity contribution in [3.05, 3.63) is 0 Å². The average molecular weight is 313 g/mol. The van der Waals surface area contributed by atoms with Crippen molar-refractivity contribution >= 4 is 12.1 Å². The van der Waals surface area contributed by atoms with E-state index < -0.39 is 48.4 Å². The molecule has 2 atom stereocenters. The highest BCUT2D eigenvalue weighted by Gasteiger charge is 2.63. The number of aliphatic hydroxyl groups is 1. The average Bonchev–Trinajstić information content (AvgIpc) is 2.65. The van der Waals surface area contributed by atoms with E-state index in [0.29, 0.717) is 4.90 Å². The summed E-state index contributed by atoms with van der Waals surface area (Å²) < 4.78 is 48.0. The summed E-state index contributed by atoms with van der Waals surface area (Å²) in [6, 6.07) is -1.54. The zero-order valence-electron chi connectivity index (χ0n) is 12.2. The van der Waals surface area contributed by atoms with Gasteiger partial charge in [0.2, 0.25) is 0 Å². The third-order valence-electron chi connectivity index (χ3n) is 2.97. The van der Waals surface area contributed by atoms with Crippen LogP contribution in [-0.4, -0.2) is 59.1 Å². The highest BCUT2D eigenvalue weighted by molar-refractivity contribution is 5.82. The molecule has 0 aromatic carbocycles. The topological polar surface area (TPSA) is 76.1 Å². The molecule has 0 saturated carbocycles. The van der Waals surface area contributed by atoms with Gasteiger partial charge in [-0.1, -0.05) is 0 Å². The summed E-state index contributed by atoms with van der Waals surface area (Å²) in [4.78, 5) is 24.0. The Labute approximate surface area is 119 Å². The number of amides is 1. The molecule has 0 aromatic rings. The van der Waals surface area contributed by atoms with Crippen molar-refractivity contribution < 1.29 is 37.3 Å². The molecule has 1 fully saturated rings. The first-order valence-corrected chi connectivity index (χ1v) is 6.17. The van der Waals surface area contributed by atoms with Crippen LogP contribution < -0.4 is 0 Å². The highest BCUT2D eigenvalue weighted by atomic mass is 19.4. The van der Waals surface area contributed by atoms with Crippen molar-refractivity contribution in [2.75, 3.05) is 13.7 Å². The third kappa shape index (κ3) is 3.78. The maximum absolute atomic E-state index is 12.9. The molecule has 0 spiro atoms. The molecule has 0 bridgehead atoms. The molecular weight excluding hydrogens is 295 g/mol. The maximum Gasteiger partial charge on any atom is 0.419 e. The normalized spacial score (nSPS) is 26.7. The molecule has 21 heavy (non-hydrogen) atoms. The van der Waals surface area contributed by atoms with E-state index in [1.54, 1.807) is 0 Å². The minimum atomic E-state index is -4.98. The molecule has 0 radical (unpaired) electrons. The predicted molar refractivity (Wildman–Crippen MR) is 64.4 cm³/mol. The molecule has 1 saturated heterocycles. The molecule has 1 N–H and O–H groups in total. The molecule has 1 amide bonds. The van der Waals surface area contributed by atoms with Gasteiger partial charge in [-0.25, -0.2) is 9.59 Å². The molecule has 1 aliphatic rings. The van der Waals surface area contributed by atoms with Gasteiger partial charge in [-0.15, -0.1) is 0 Å². The highest BCUT2D eigenvalue weighted by Crippen LogP contribution is 2.41. The lowest BCUT2D eigenvalue weighted by molar-refractivity contribution is -0.253. The van der Waals surface area contributed by atoms with Crippen LogP contribution in [0.5, 0.6) is 0 Å². The lowest BCUT2D eigenvalue weighted by Crippen LogP contribution is -2.48. The van der Waals surface area contributed by atoms with Crippen LogP contribution >= 0.6 is 0 Å². The standard InChI is InChI=1S/C12H18F3NO5/c1-10(2,3)21-9(18)16-6-11(19,12(13,14)15)5-7(16)8(17)20-4/h7,19H,5-6H2,1-4H3/t7-,11+/m0/s1. The SMILES string of the molecule is COC(=O)[C@@H]1C[C@](O)(C(F)(F)F)CN1C(=O)OC(C)(C)C. The van der Waals surface area contributed by atoms with Gasteiger partial charge < -0.3 is 14.6 Å². The lowest BCUT2D eigenvalue weighted by atomic mass is 10.00. The molecule has 1 rings (SSSR count). The Morgan fingerprint density at radius 2 is 1.81 bits per heavy atom. The van der Waals surface area contributed by atoms with Crippen molar-refractivity contribution in [1.82, 2.24) is 4.90 Å². The summed E-state index contributed by atoms with van der Waals surface area (Å²) in [5.74, 6) is -1.04. The van der Waals surface area contributed by atoms with Gasteiger partial charge in [-0.05, 0) is 20.8 Å². The largest absolute Gasteiger partial charge is 0.467 e. The molecule has 1 aliphatic heterocycles. The fraction of sp³-hybridized carbons (Fsp3) is 0.833. The summed E-state index contributed by atoms with van der Waals surface area (Å²) in [5, 5.41) is 9.68. The van der Waals surface area contributed by atoms with E-state index in [0.717, 1.165) is 7.11 Å². The molecule has 0 aromatic heterocycles. The van der Waals surface area contributed by atoms with Gasteiger partial charge >= 0.3 is 18.2 Å². The second-order valence-corrected chi connectivity index (χ2v) is 5.88. The lowest BCUT2D eigenvalue weighted by Gasteiger charge is -2.28. The monoisotopic (exact) mass is 313 g/mol. The van der Waals surface area contributed by atoms with Crippen LogP contribution in [0.1, 0.15) is 27.2 Å². The summed E-state index contributed by atoms with van der Waals surface area (Å²) in [5.41, 5.74) is -4.11. The number of nitrogens with zero attached hydrogens (tertiary/aromatic N) is 1. The second kappa shape index (κ2) is 5.36. The van der Waals surface area contributed by atoms with E-state index in [2.05, 4.69) is 4.74 Å². The van der Waals surface area contributed by atoms with E-state index in [9.17, 15) is 27.9 Å². The van der Waals surface area contributed by atoms with Crippen LogP contribution in [0.3, 0.4) is 0 Å². The fourth-order valence-corrected chi connectivity index (χ4v) is 1.95. The molecule has 6 nitrogen and oxygen atoms in total. The van der Waals surface area contributed by atoms with Crippen LogP contribution in [0.25, 0.3) is 0 Å². The number of likely N-dealkylation sites (tertiary alicyclic amines) is 1. The maximum atomic E-state index is 12.9. The third-order valence-corrected chi connectivity index (χ3v) is 2.97. The van der Waals surface area contributed by atoms with Crippen LogP contribution in [0.15, 0.2) is 0 Å². The van der Waals surface area contributed by atoms with Crippen molar-refractivity contribution in [1.29, 1.82) is 0 Å². The van der Waals surface area contributed by atoms with E-state index in [4.69, 9.17) is 4.74 Å². The van der Waals surface area contributed by atoms with Gasteiger partial charge in [0.05, 0.1) is 13.7 Å².